The molecule has 2 atom stereocenters. The van der Waals surface area contributed by atoms with E-state index < -0.39 is 35.2 Å². The van der Waals surface area contributed by atoms with Crippen LogP contribution >= 0.6 is 0 Å². The number of alkyl halides is 6. The Morgan fingerprint density at radius 2 is 1.52 bits per heavy atom. The molecule has 0 spiro atoms. The molecule has 0 radical (unpaired) electrons. The highest BCUT2D eigenvalue weighted by Crippen LogP contribution is 2.37. The number of hydrogen-bond donors (Lipinski definition) is 2. The Labute approximate surface area is 188 Å². The maximum absolute atomic E-state index is 13.1. The van der Waals surface area contributed by atoms with E-state index in [2.05, 4.69) is 15.5 Å². The van der Waals surface area contributed by atoms with Gasteiger partial charge in [0.1, 0.15) is 0 Å². The van der Waals surface area contributed by atoms with E-state index in [0.717, 1.165) is 24.8 Å². The van der Waals surface area contributed by atoms with Crippen LogP contribution in [0.5, 0.6) is 0 Å². The van der Waals surface area contributed by atoms with Gasteiger partial charge in [0.05, 0.1) is 11.1 Å². The van der Waals surface area contributed by atoms with Crippen molar-refractivity contribution in [2.24, 2.45) is 0 Å². The zero-order valence-electron chi connectivity index (χ0n) is 17.9. The number of amides is 2. The first-order valence-electron chi connectivity index (χ1n) is 10.5. The Morgan fingerprint density at radius 1 is 0.939 bits per heavy atom. The SMILES string of the molecule is CN(Cc1ccccc1)[C@@H]1CCCC[C@H]1NC(=O)Nc1cc(C(F)(F)F)cc(C(F)(F)F)c1. The fraction of sp³-hybridized carbons (Fsp3) is 0.435. The lowest BCUT2D eigenvalue weighted by atomic mass is 9.89. The minimum atomic E-state index is -4.98. The number of rotatable bonds is 5. The van der Waals surface area contributed by atoms with E-state index in [0.29, 0.717) is 25.1 Å². The van der Waals surface area contributed by atoms with Gasteiger partial charge in [0, 0.05) is 24.3 Å². The van der Waals surface area contributed by atoms with Gasteiger partial charge in [0.25, 0.3) is 0 Å². The molecular formula is C23H25F6N3O. The van der Waals surface area contributed by atoms with Gasteiger partial charge in [-0.05, 0) is 43.7 Å². The van der Waals surface area contributed by atoms with Gasteiger partial charge in [0.2, 0.25) is 0 Å². The van der Waals surface area contributed by atoms with Crippen molar-refractivity contribution >= 4 is 11.7 Å². The van der Waals surface area contributed by atoms with Crippen LogP contribution in [0.1, 0.15) is 42.4 Å². The van der Waals surface area contributed by atoms with Crippen molar-refractivity contribution in [3.63, 3.8) is 0 Å². The smallest absolute Gasteiger partial charge is 0.334 e. The number of hydrogen-bond acceptors (Lipinski definition) is 2. The molecule has 4 nitrogen and oxygen atoms in total. The van der Waals surface area contributed by atoms with Gasteiger partial charge < -0.3 is 10.6 Å². The average molecular weight is 473 g/mol. The van der Waals surface area contributed by atoms with Crippen LogP contribution in [0.4, 0.5) is 36.8 Å². The van der Waals surface area contributed by atoms with Crippen LogP contribution in [-0.2, 0) is 18.9 Å². The highest BCUT2D eigenvalue weighted by molar-refractivity contribution is 5.89. The number of likely N-dealkylation sites (N-methyl/N-ethyl adjacent to an activating group) is 1. The zero-order chi connectivity index (χ0) is 24.2. The van der Waals surface area contributed by atoms with Crippen molar-refractivity contribution < 1.29 is 31.1 Å². The topological polar surface area (TPSA) is 44.4 Å². The van der Waals surface area contributed by atoms with Crippen molar-refractivity contribution in [2.45, 2.75) is 56.7 Å². The number of anilines is 1. The summed E-state index contributed by atoms with van der Waals surface area (Å²) in [5.74, 6) is 0. The minimum absolute atomic E-state index is 0.0167. The molecule has 1 fully saturated rings. The number of nitrogens with one attached hydrogen (secondary N) is 2. The maximum atomic E-state index is 13.1. The van der Waals surface area contributed by atoms with Crippen LogP contribution in [0.15, 0.2) is 48.5 Å². The van der Waals surface area contributed by atoms with Gasteiger partial charge in [-0.15, -0.1) is 0 Å². The lowest BCUT2D eigenvalue weighted by Crippen LogP contribution is -2.52. The Balaban J connectivity index is 1.72. The summed E-state index contributed by atoms with van der Waals surface area (Å²) in [4.78, 5) is 14.6. The molecular weight excluding hydrogens is 448 g/mol. The molecule has 33 heavy (non-hydrogen) atoms. The minimum Gasteiger partial charge on any atom is -0.334 e. The van der Waals surface area contributed by atoms with E-state index in [9.17, 15) is 31.1 Å². The average Bonchev–Trinajstić information content (AvgIpc) is 2.73. The first-order chi connectivity index (χ1) is 15.4. The standard InChI is InChI=1S/C23H25F6N3O/c1-32(14-15-7-3-2-4-8-15)20-10-6-5-9-19(20)31-21(33)30-18-12-16(22(24,25)26)11-17(13-18)23(27,28)29/h2-4,7-8,11-13,19-20H,5-6,9-10,14H2,1H3,(H2,30,31,33)/t19-,20-/m1/s1. The van der Waals surface area contributed by atoms with Gasteiger partial charge in [-0.1, -0.05) is 43.2 Å². The summed E-state index contributed by atoms with van der Waals surface area (Å²) >= 11 is 0. The van der Waals surface area contributed by atoms with Crippen molar-refractivity contribution in [3.05, 3.63) is 65.2 Å². The molecule has 0 heterocycles. The first-order valence-corrected chi connectivity index (χ1v) is 10.5. The van der Waals surface area contributed by atoms with E-state index >= 15 is 0 Å². The molecule has 1 aliphatic carbocycles. The van der Waals surface area contributed by atoms with Gasteiger partial charge in [-0.25, -0.2) is 4.79 Å². The Morgan fingerprint density at radius 3 is 2.09 bits per heavy atom. The molecule has 10 heteroatoms. The van der Waals surface area contributed by atoms with Crippen LogP contribution in [0.25, 0.3) is 0 Å². The largest absolute Gasteiger partial charge is 0.416 e. The van der Waals surface area contributed by atoms with Crippen LogP contribution < -0.4 is 10.6 Å². The number of nitrogens with zero attached hydrogens (tertiary/aromatic N) is 1. The third-order valence-electron chi connectivity index (χ3n) is 5.73. The second kappa shape index (κ2) is 10.0. The summed E-state index contributed by atoms with van der Waals surface area (Å²) in [7, 11) is 1.93. The molecule has 2 aromatic carbocycles. The van der Waals surface area contributed by atoms with Crippen molar-refractivity contribution in [1.82, 2.24) is 10.2 Å². The van der Waals surface area contributed by atoms with E-state index in [4.69, 9.17) is 0 Å². The first kappa shape index (κ1) is 24.9. The van der Waals surface area contributed by atoms with Gasteiger partial charge in [0.15, 0.2) is 0 Å². The van der Waals surface area contributed by atoms with Crippen LogP contribution in [0.3, 0.4) is 0 Å². The highest BCUT2D eigenvalue weighted by Gasteiger charge is 2.37. The van der Waals surface area contributed by atoms with E-state index in [1.165, 1.54) is 0 Å². The lowest BCUT2D eigenvalue weighted by molar-refractivity contribution is -0.143. The lowest BCUT2D eigenvalue weighted by Gasteiger charge is -2.38. The van der Waals surface area contributed by atoms with Crippen molar-refractivity contribution in [1.29, 1.82) is 0 Å². The third kappa shape index (κ3) is 6.86. The molecule has 2 aromatic rings. The Hall–Kier alpha value is -2.75. The molecule has 3 rings (SSSR count). The fourth-order valence-electron chi connectivity index (χ4n) is 4.16. The number of halogens is 6. The molecule has 0 unspecified atom stereocenters. The number of carbonyl (C=O) groups excluding carboxylic acids is 1. The van der Waals surface area contributed by atoms with Crippen LogP contribution in [0.2, 0.25) is 0 Å². The molecule has 1 aliphatic rings. The van der Waals surface area contributed by atoms with Gasteiger partial charge >= 0.3 is 18.4 Å². The van der Waals surface area contributed by atoms with Crippen molar-refractivity contribution in [2.75, 3.05) is 12.4 Å². The van der Waals surface area contributed by atoms with Crippen molar-refractivity contribution in [3.8, 4) is 0 Å². The highest BCUT2D eigenvalue weighted by atomic mass is 19.4. The quantitative estimate of drug-likeness (QED) is 0.502. The Bertz CT molecular complexity index is 913. The van der Waals surface area contributed by atoms with Gasteiger partial charge in [-0.3, -0.25) is 4.90 Å². The molecule has 180 valence electrons. The number of carbonyl (C=O) groups is 1. The molecule has 2 amide bonds. The molecule has 0 bridgehead atoms. The molecule has 0 aromatic heterocycles. The summed E-state index contributed by atoms with van der Waals surface area (Å²) in [5.41, 5.74) is -2.44. The maximum Gasteiger partial charge on any atom is 0.416 e. The second-order valence-corrected chi connectivity index (χ2v) is 8.25. The number of benzene rings is 2. The molecule has 1 saturated carbocycles. The normalized spacial score (nSPS) is 19.4. The summed E-state index contributed by atoms with van der Waals surface area (Å²) in [6.07, 6.45) is -6.66. The molecule has 0 saturated heterocycles. The number of urea groups is 1. The third-order valence-corrected chi connectivity index (χ3v) is 5.73. The Kier molecular flexibility index (Phi) is 7.56. The van der Waals surface area contributed by atoms with E-state index in [1.807, 2.05) is 37.4 Å². The molecule has 2 N–H and O–H groups in total. The fourth-order valence-corrected chi connectivity index (χ4v) is 4.16. The van der Waals surface area contributed by atoms with E-state index in [-0.39, 0.29) is 18.2 Å². The van der Waals surface area contributed by atoms with Gasteiger partial charge in [-0.2, -0.15) is 26.3 Å². The van der Waals surface area contributed by atoms with E-state index in [1.54, 1.807) is 0 Å². The molecule has 0 aliphatic heterocycles. The predicted octanol–water partition coefficient (Wildman–Crippen LogP) is 6.29. The zero-order valence-corrected chi connectivity index (χ0v) is 17.9. The second-order valence-electron chi connectivity index (χ2n) is 8.25. The monoisotopic (exact) mass is 473 g/mol. The predicted molar refractivity (Wildman–Crippen MR) is 113 cm³/mol. The summed E-state index contributed by atoms with van der Waals surface area (Å²) in [6, 6.07) is 9.61. The van der Waals surface area contributed by atoms with Crippen LogP contribution in [0, 0.1) is 0 Å². The summed E-state index contributed by atoms with van der Waals surface area (Å²) in [6.45, 7) is 0.647. The summed E-state index contributed by atoms with van der Waals surface area (Å²) < 4.78 is 78.4. The summed E-state index contributed by atoms with van der Waals surface area (Å²) in [5, 5.41) is 4.90. The van der Waals surface area contributed by atoms with Crippen LogP contribution in [-0.4, -0.2) is 30.1 Å².